The maximum atomic E-state index is 10.8. The van der Waals surface area contributed by atoms with E-state index in [0.717, 1.165) is 24.9 Å². The lowest BCUT2D eigenvalue weighted by Gasteiger charge is -2.38. The van der Waals surface area contributed by atoms with Crippen LogP contribution in [0.4, 0.5) is 5.69 Å². The van der Waals surface area contributed by atoms with Crippen molar-refractivity contribution >= 4 is 12.0 Å². The SMILES string of the molecule is Cc1cc(C=O)ccc1N1CCCC(N(C)C)C1. The Morgan fingerprint density at radius 1 is 1.39 bits per heavy atom. The summed E-state index contributed by atoms with van der Waals surface area (Å²) < 4.78 is 0. The average molecular weight is 246 g/mol. The van der Waals surface area contributed by atoms with Gasteiger partial charge in [0.25, 0.3) is 0 Å². The summed E-state index contributed by atoms with van der Waals surface area (Å²) in [5, 5.41) is 0. The molecular weight excluding hydrogens is 224 g/mol. The van der Waals surface area contributed by atoms with Crippen LogP contribution in [0.3, 0.4) is 0 Å². The van der Waals surface area contributed by atoms with Gasteiger partial charge in [0.05, 0.1) is 0 Å². The number of hydrogen-bond acceptors (Lipinski definition) is 3. The van der Waals surface area contributed by atoms with Gasteiger partial charge in [0.2, 0.25) is 0 Å². The number of anilines is 1. The molecule has 98 valence electrons. The maximum Gasteiger partial charge on any atom is 0.150 e. The van der Waals surface area contributed by atoms with Gasteiger partial charge in [0, 0.05) is 30.4 Å². The molecule has 1 saturated heterocycles. The number of carbonyl (C=O) groups excluding carboxylic acids is 1. The Labute approximate surface area is 109 Å². The first kappa shape index (κ1) is 13.1. The van der Waals surface area contributed by atoms with E-state index in [1.54, 1.807) is 0 Å². The van der Waals surface area contributed by atoms with Gasteiger partial charge in [-0.3, -0.25) is 4.79 Å². The Balaban J connectivity index is 2.18. The highest BCUT2D eigenvalue weighted by Gasteiger charge is 2.22. The molecule has 1 aromatic carbocycles. The largest absolute Gasteiger partial charge is 0.370 e. The second kappa shape index (κ2) is 5.53. The van der Waals surface area contributed by atoms with E-state index < -0.39 is 0 Å². The minimum absolute atomic E-state index is 0.629. The third-order valence-electron chi connectivity index (χ3n) is 3.82. The number of rotatable bonds is 3. The monoisotopic (exact) mass is 246 g/mol. The summed E-state index contributed by atoms with van der Waals surface area (Å²) in [5.74, 6) is 0. The van der Waals surface area contributed by atoms with Crippen molar-refractivity contribution in [3.8, 4) is 0 Å². The first-order valence-electron chi connectivity index (χ1n) is 6.59. The summed E-state index contributed by atoms with van der Waals surface area (Å²) in [6.45, 7) is 4.28. The van der Waals surface area contributed by atoms with Gasteiger partial charge in [0.1, 0.15) is 6.29 Å². The van der Waals surface area contributed by atoms with Crippen LogP contribution in [0.25, 0.3) is 0 Å². The highest BCUT2D eigenvalue weighted by molar-refractivity contribution is 5.77. The predicted molar refractivity (Wildman–Crippen MR) is 75.5 cm³/mol. The highest BCUT2D eigenvalue weighted by Crippen LogP contribution is 2.25. The van der Waals surface area contributed by atoms with E-state index in [4.69, 9.17) is 0 Å². The molecule has 0 N–H and O–H groups in total. The van der Waals surface area contributed by atoms with E-state index in [1.165, 1.54) is 24.1 Å². The summed E-state index contributed by atoms with van der Waals surface area (Å²) in [4.78, 5) is 15.5. The molecule has 1 heterocycles. The number of piperidine rings is 1. The van der Waals surface area contributed by atoms with Crippen LogP contribution < -0.4 is 4.90 Å². The average Bonchev–Trinajstić information content (AvgIpc) is 2.38. The molecule has 0 radical (unpaired) electrons. The summed E-state index contributed by atoms with van der Waals surface area (Å²) in [6.07, 6.45) is 3.42. The number of aryl methyl sites for hydroxylation is 1. The number of aldehydes is 1. The van der Waals surface area contributed by atoms with Crippen molar-refractivity contribution < 1.29 is 4.79 Å². The third kappa shape index (κ3) is 2.72. The smallest absolute Gasteiger partial charge is 0.150 e. The van der Waals surface area contributed by atoms with Crippen LogP contribution in [-0.2, 0) is 0 Å². The molecule has 1 aliphatic rings. The van der Waals surface area contributed by atoms with Crippen LogP contribution in [0.1, 0.15) is 28.8 Å². The molecule has 18 heavy (non-hydrogen) atoms. The normalized spacial score (nSPS) is 20.2. The van der Waals surface area contributed by atoms with Crippen LogP contribution in [0.2, 0.25) is 0 Å². The van der Waals surface area contributed by atoms with E-state index in [0.29, 0.717) is 6.04 Å². The predicted octanol–water partition coefficient (Wildman–Crippen LogP) is 2.34. The van der Waals surface area contributed by atoms with Crippen LogP contribution in [-0.4, -0.2) is 44.4 Å². The molecule has 0 aromatic heterocycles. The molecule has 3 heteroatoms. The van der Waals surface area contributed by atoms with Crippen molar-refractivity contribution in [3.63, 3.8) is 0 Å². The Bertz CT molecular complexity index is 429. The molecule has 1 aliphatic heterocycles. The Morgan fingerprint density at radius 3 is 2.78 bits per heavy atom. The van der Waals surface area contributed by atoms with Gasteiger partial charge in [-0.25, -0.2) is 0 Å². The molecule has 2 rings (SSSR count). The summed E-state index contributed by atoms with van der Waals surface area (Å²) in [6, 6.07) is 6.59. The minimum atomic E-state index is 0.629. The van der Waals surface area contributed by atoms with Gasteiger partial charge in [-0.05, 0) is 57.6 Å². The van der Waals surface area contributed by atoms with Gasteiger partial charge in [0.15, 0.2) is 0 Å². The zero-order valence-electron chi connectivity index (χ0n) is 11.5. The molecule has 1 unspecified atom stereocenters. The summed E-state index contributed by atoms with van der Waals surface area (Å²) in [7, 11) is 4.30. The van der Waals surface area contributed by atoms with E-state index in [2.05, 4.69) is 36.9 Å². The Kier molecular flexibility index (Phi) is 4.02. The molecule has 0 saturated carbocycles. The Hall–Kier alpha value is -1.35. The number of benzene rings is 1. The van der Waals surface area contributed by atoms with Gasteiger partial charge < -0.3 is 9.80 Å². The first-order chi connectivity index (χ1) is 8.61. The molecule has 0 spiro atoms. The highest BCUT2D eigenvalue weighted by atomic mass is 16.1. The van der Waals surface area contributed by atoms with Crippen molar-refractivity contribution in [2.45, 2.75) is 25.8 Å². The van der Waals surface area contributed by atoms with Gasteiger partial charge in [-0.1, -0.05) is 0 Å². The fourth-order valence-electron chi connectivity index (χ4n) is 2.70. The van der Waals surface area contributed by atoms with Gasteiger partial charge in [-0.15, -0.1) is 0 Å². The summed E-state index contributed by atoms with van der Waals surface area (Å²) >= 11 is 0. The first-order valence-corrected chi connectivity index (χ1v) is 6.59. The topological polar surface area (TPSA) is 23.6 Å². The van der Waals surface area contributed by atoms with Crippen LogP contribution in [0.15, 0.2) is 18.2 Å². The van der Waals surface area contributed by atoms with Crippen LogP contribution >= 0.6 is 0 Å². The Morgan fingerprint density at radius 2 is 2.17 bits per heavy atom. The lowest BCUT2D eigenvalue weighted by atomic mass is 10.0. The molecule has 0 bridgehead atoms. The molecule has 0 aliphatic carbocycles. The van der Waals surface area contributed by atoms with Crippen molar-refractivity contribution in [1.29, 1.82) is 0 Å². The number of nitrogens with zero attached hydrogens (tertiary/aromatic N) is 2. The lowest BCUT2D eigenvalue weighted by Crippen LogP contribution is -2.45. The standard InChI is InChI=1S/C15H22N2O/c1-12-9-13(11-18)6-7-15(12)17-8-4-5-14(10-17)16(2)3/h6-7,9,11,14H,4-5,8,10H2,1-3H3. The molecule has 1 fully saturated rings. The van der Waals surface area contributed by atoms with Crippen molar-refractivity contribution in [1.82, 2.24) is 4.90 Å². The molecule has 1 aromatic rings. The van der Waals surface area contributed by atoms with Gasteiger partial charge >= 0.3 is 0 Å². The van der Waals surface area contributed by atoms with Gasteiger partial charge in [-0.2, -0.15) is 0 Å². The van der Waals surface area contributed by atoms with E-state index in [1.807, 2.05) is 12.1 Å². The zero-order chi connectivity index (χ0) is 13.1. The third-order valence-corrected chi connectivity index (χ3v) is 3.82. The zero-order valence-corrected chi connectivity index (χ0v) is 11.5. The molecular formula is C15H22N2O. The van der Waals surface area contributed by atoms with Crippen LogP contribution in [0, 0.1) is 6.92 Å². The van der Waals surface area contributed by atoms with Crippen molar-refractivity contribution in [2.75, 3.05) is 32.1 Å². The van der Waals surface area contributed by atoms with Crippen molar-refractivity contribution in [2.24, 2.45) is 0 Å². The fourth-order valence-corrected chi connectivity index (χ4v) is 2.70. The maximum absolute atomic E-state index is 10.8. The lowest BCUT2D eigenvalue weighted by molar-refractivity contribution is 0.112. The molecule has 0 amide bonds. The molecule has 3 nitrogen and oxygen atoms in total. The van der Waals surface area contributed by atoms with E-state index in [9.17, 15) is 4.79 Å². The van der Waals surface area contributed by atoms with Crippen molar-refractivity contribution in [3.05, 3.63) is 29.3 Å². The second-order valence-electron chi connectivity index (χ2n) is 5.37. The quantitative estimate of drug-likeness (QED) is 0.765. The number of carbonyl (C=O) groups is 1. The van der Waals surface area contributed by atoms with E-state index in [-0.39, 0.29) is 0 Å². The van der Waals surface area contributed by atoms with E-state index >= 15 is 0 Å². The minimum Gasteiger partial charge on any atom is -0.370 e. The second-order valence-corrected chi connectivity index (χ2v) is 5.37. The number of hydrogen-bond donors (Lipinski definition) is 0. The van der Waals surface area contributed by atoms with Crippen LogP contribution in [0.5, 0.6) is 0 Å². The summed E-state index contributed by atoms with van der Waals surface area (Å²) in [5.41, 5.74) is 3.23. The fraction of sp³-hybridized carbons (Fsp3) is 0.533. The number of likely N-dealkylation sites (N-methyl/N-ethyl adjacent to an activating group) is 1. The molecule has 1 atom stereocenters.